The molecule has 0 radical (unpaired) electrons. The Morgan fingerprint density at radius 3 is 2.50 bits per heavy atom. The molecule has 1 aliphatic carbocycles. The lowest BCUT2D eigenvalue weighted by atomic mass is 10.1. The van der Waals surface area contributed by atoms with Crippen molar-refractivity contribution in [3.05, 3.63) is 0 Å². The molecule has 2 unspecified atom stereocenters. The Bertz CT molecular complexity index is 206. The highest BCUT2D eigenvalue weighted by Crippen LogP contribution is 2.24. The first-order chi connectivity index (χ1) is 8.69. The molecule has 2 atom stereocenters. The molecule has 18 heavy (non-hydrogen) atoms. The summed E-state index contributed by atoms with van der Waals surface area (Å²) in [5.74, 6) is 0. The van der Waals surface area contributed by atoms with Crippen molar-refractivity contribution in [3.63, 3.8) is 0 Å². The van der Waals surface area contributed by atoms with E-state index in [1.807, 2.05) is 0 Å². The highest BCUT2D eigenvalue weighted by atomic mass is 15.2. The first-order valence-corrected chi connectivity index (χ1v) is 7.81. The van der Waals surface area contributed by atoms with Gasteiger partial charge in [-0.05, 0) is 66.0 Å². The van der Waals surface area contributed by atoms with Crippen LogP contribution in [0.25, 0.3) is 0 Å². The maximum atomic E-state index is 3.74. The highest BCUT2D eigenvalue weighted by Gasteiger charge is 2.30. The average Bonchev–Trinajstić information content (AvgIpc) is 2.80. The van der Waals surface area contributed by atoms with Crippen LogP contribution in [0.15, 0.2) is 0 Å². The quantitative estimate of drug-likeness (QED) is 0.681. The average molecular weight is 255 g/mol. The fourth-order valence-electron chi connectivity index (χ4n) is 3.09. The molecule has 3 heteroatoms. The fourth-order valence-corrected chi connectivity index (χ4v) is 3.09. The van der Waals surface area contributed by atoms with E-state index in [0.29, 0.717) is 0 Å². The van der Waals surface area contributed by atoms with Gasteiger partial charge in [-0.15, -0.1) is 0 Å². The third-order valence-corrected chi connectivity index (χ3v) is 4.06. The summed E-state index contributed by atoms with van der Waals surface area (Å²) in [6, 6.07) is 1.52. The van der Waals surface area contributed by atoms with Gasteiger partial charge in [-0.1, -0.05) is 20.3 Å². The first kappa shape index (κ1) is 15.9. The van der Waals surface area contributed by atoms with Gasteiger partial charge in [0.2, 0.25) is 0 Å². The summed E-state index contributed by atoms with van der Waals surface area (Å²) < 4.78 is 0. The Balaban J connectivity index is 2.36. The summed E-state index contributed by atoms with van der Waals surface area (Å²) in [5.41, 5.74) is 0. The monoisotopic (exact) mass is 255 g/mol. The largest absolute Gasteiger partial charge is 0.312 e. The maximum Gasteiger partial charge on any atom is 0.0249 e. The lowest BCUT2D eigenvalue weighted by Gasteiger charge is -2.33. The van der Waals surface area contributed by atoms with E-state index in [1.54, 1.807) is 0 Å². The summed E-state index contributed by atoms with van der Waals surface area (Å²) >= 11 is 0. The maximum absolute atomic E-state index is 3.74. The van der Waals surface area contributed by atoms with Crippen LogP contribution in [0.2, 0.25) is 0 Å². The molecule has 0 aromatic rings. The molecule has 0 aliphatic heterocycles. The van der Waals surface area contributed by atoms with Crippen LogP contribution in [0.5, 0.6) is 0 Å². The van der Waals surface area contributed by atoms with Crippen LogP contribution in [0.4, 0.5) is 0 Å². The van der Waals surface area contributed by atoms with Gasteiger partial charge >= 0.3 is 0 Å². The Hall–Kier alpha value is -0.120. The Morgan fingerprint density at radius 1 is 1.11 bits per heavy atom. The standard InChI is InChI=1S/C15H33N3/c1-5-11-16-14-9-7-10-15(14)18(6-2)13-8-12-17(3)4/h14-16H,5-13H2,1-4H3. The zero-order valence-corrected chi connectivity index (χ0v) is 12.9. The van der Waals surface area contributed by atoms with Crippen LogP contribution < -0.4 is 5.32 Å². The lowest BCUT2D eigenvalue weighted by Crippen LogP contribution is -2.47. The van der Waals surface area contributed by atoms with Gasteiger partial charge in [-0.25, -0.2) is 0 Å². The van der Waals surface area contributed by atoms with Gasteiger partial charge in [0, 0.05) is 12.1 Å². The molecule has 1 aliphatic rings. The number of likely N-dealkylation sites (N-methyl/N-ethyl adjacent to an activating group) is 1. The number of hydrogen-bond acceptors (Lipinski definition) is 3. The zero-order valence-electron chi connectivity index (χ0n) is 12.9. The predicted molar refractivity (Wildman–Crippen MR) is 80.1 cm³/mol. The molecule has 0 saturated heterocycles. The molecule has 1 fully saturated rings. The van der Waals surface area contributed by atoms with Crippen molar-refractivity contribution < 1.29 is 0 Å². The molecule has 1 N–H and O–H groups in total. The Kier molecular flexibility index (Phi) is 7.87. The van der Waals surface area contributed by atoms with Crippen LogP contribution >= 0.6 is 0 Å². The Labute approximate surface area is 114 Å². The van der Waals surface area contributed by atoms with Crippen molar-refractivity contribution in [3.8, 4) is 0 Å². The van der Waals surface area contributed by atoms with Crippen molar-refractivity contribution >= 4 is 0 Å². The molecule has 0 amide bonds. The van der Waals surface area contributed by atoms with Gasteiger partial charge in [-0.2, -0.15) is 0 Å². The van der Waals surface area contributed by atoms with Crippen molar-refractivity contribution in [1.29, 1.82) is 0 Å². The van der Waals surface area contributed by atoms with E-state index >= 15 is 0 Å². The van der Waals surface area contributed by atoms with Crippen molar-refractivity contribution in [2.45, 2.75) is 58.0 Å². The van der Waals surface area contributed by atoms with E-state index in [1.165, 1.54) is 58.3 Å². The van der Waals surface area contributed by atoms with E-state index in [-0.39, 0.29) is 0 Å². The molecule has 1 saturated carbocycles. The van der Waals surface area contributed by atoms with Crippen molar-refractivity contribution in [1.82, 2.24) is 15.1 Å². The second-order valence-electron chi connectivity index (χ2n) is 5.84. The summed E-state index contributed by atoms with van der Waals surface area (Å²) in [5, 5.41) is 3.74. The summed E-state index contributed by atoms with van der Waals surface area (Å²) in [4.78, 5) is 4.99. The predicted octanol–water partition coefficient (Wildman–Crippen LogP) is 2.18. The van der Waals surface area contributed by atoms with Crippen LogP contribution in [-0.4, -0.2) is 62.2 Å². The topological polar surface area (TPSA) is 18.5 Å². The smallest absolute Gasteiger partial charge is 0.0249 e. The van der Waals surface area contributed by atoms with E-state index in [4.69, 9.17) is 0 Å². The molecule has 0 spiro atoms. The highest BCUT2D eigenvalue weighted by molar-refractivity contribution is 4.90. The summed E-state index contributed by atoms with van der Waals surface area (Å²) in [7, 11) is 4.33. The molecular weight excluding hydrogens is 222 g/mol. The second-order valence-corrected chi connectivity index (χ2v) is 5.84. The third kappa shape index (κ3) is 5.25. The van der Waals surface area contributed by atoms with Gasteiger partial charge in [0.1, 0.15) is 0 Å². The number of hydrogen-bond donors (Lipinski definition) is 1. The van der Waals surface area contributed by atoms with E-state index < -0.39 is 0 Å². The number of rotatable bonds is 9. The fraction of sp³-hybridized carbons (Fsp3) is 1.00. The van der Waals surface area contributed by atoms with Gasteiger partial charge in [0.25, 0.3) is 0 Å². The third-order valence-electron chi connectivity index (χ3n) is 4.06. The second kappa shape index (κ2) is 8.89. The Morgan fingerprint density at radius 2 is 1.89 bits per heavy atom. The molecule has 1 rings (SSSR count). The minimum Gasteiger partial charge on any atom is -0.312 e. The van der Waals surface area contributed by atoms with Gasteiger partial charge in [0.15, 0.2) is 0 Å². The van der Waals surface area contributed by atoms with Gasteiger partial charge < -0.3 is 10.2 Å². The van der Waals surface area contributed by atoms with Crippen LogP contribution in [0, 0.1) is 0 Å². The lowest BCUT2D eigenvalue weighted by molar-refractivity contribution is 0.173. The molecule has 0 aromatic carbocycles. The van der Waals surface area contributed by atoms with E-state index in [2.05, 4.69) is 43.1 Å². The summed E-state index contributed by atoms with van der Waals surface area (Å²) in [6.07, 6.45) is 6.69. The summed E-state index contributed by atoms with van der Waals surface area (Å²) in [6.45, 7) is 9.40. The molecule has 0 aromatic heterocycles. The number of nitrogens with zero attached hydrogens (tertiary/aromatic N) is 2. The van der Waals surface area contributed by atoms with Crippen LogP contribution in [0.1, 0.15) is 46.0 Å². The minimum atomic E-state index is 0.740. The molecule has 0 bridgehead atoms. The minimum absolute atomic E-state index is 0.740. The SMILES string of the molecule is CCCNC1CCCC1N(CC)CCCN(C)C. The number of nitrogens with one attached hydrogen (secondary N) is 1. The van der Waals surface area contributed by atoms with E-state index in [9.17, 15) is 0 Å². The van der Waals surface area contributed by atoms with Crippen molar-refractivity contribution in [2.75, 3.05) is 40.3 Å². The normalized spacial score (nSPS) is 24.3. The molecule has 108 valence electrons. The van der Waals surface area contributed by atoms with Crippen LogP contribution in [-0.2, 0) is 0 Å². The first-order valence-electron chi connectivity index (χ1n) is 7.81. The van der Waals surface area contributed by atoms with Crippen molar-refractivity contribution in [2.24, 2.45) is 0 Å². The van der Waals surface area contributed by atoms with Crippen LogP contribution in [0.3, 0.4) is 0 Å². The molecule has 3 nitrogen and oxygen atoms in total. The van der Waals surface area contributed by atoms with Gasteiger partial charge in [0.05, 0.1) is 0 Å². The van der Waals surface area contributed by atoms with E-state index in [0.717, 1.165) is 12.1 Å². The zero-order chi connectivity index (χ0) is 13.4. The van der Waals surface area contributed by atoms with Gasteiger partial charge in [-0.3, -0.25) is 4.90 Å². The molecular formula is C15H33N3. The molecule has 0 heterocycles.